The van der Waals surface area contributed by atoms with Gasteiger partial charge < -0.3 is 14.9 Å². The Morgan fingerprint density at radius 1 is 1.42 bits per heavy atom. The van der Waals surface area contributed by atoms with E-state index in [9.17, 15) is 5.11 Å². The van der Waals surface area contributed by atoms with Gasteiger partial charge in [-0.15, -0.1) is 0 Å². The summed E-state index contributed by atoms with van der Waals surface area (Å²) in [7, 11) is 0. The largest absolute Gasteiger partial charge is 0.394 e. The van der Waals surface area contributed by atoms with Crippen LogP contribution in [0.25, 0.3) is 0 Å². The molecule has 72 valence electrons. The van der Waals surface area contributed by atoms with Crippen LogP contribution in [0.15, 0.2) is 0 Å². The molecule has 0 heterocycles. The Labute approximate surface area is 73.4 Å². The predicted molar refractivity (Wildman–Crippen MR) is 45.8 cm³/mol. The minimum absolute atomic E-state index is 0.0404. The molecule has 1 aliphatic carbocycles. The van der Waals surface area contributed by atoms with Crippen LogP contribution in [-0.2, 0) is 4.74 Å². The molecule has 2 unspecified atom stereocenters. The van der Waals surface area contributed by atoms with Crippen molar-refractivity contribution in [3.8, 4) is 0 Å². The van der Waals surface area contributed by atoms with Gasteiger partial charge in [-0.3, -0.25) is 0 Å². The van der Waals surface area contributed by atoms with Crippen molar-refractivity contribution in [3.63, 3.8) is 0 Å². The molecule has 1 rings (SSSR count). The van der Waals surface area contributed by atoms with E-state index in [-0.39, 0.29) is 18.8 Å². The fourth-order valence-electron chi connectivity index (χ4n) is 1.72. The van der Waals surface area contributed by atoms with E-state index in [0.29, 0.717) is 12.5 Å². The van der Waals surface area contributed by atoms with Crippen molar-refractivity contribution in [1.29, 1.82) is 0 Å². The normalized spacial score (nSPS) is 36.8. The highest BCUT2D eigenvalue weighted by atomic mass is 16.5. The first-order valence-corrected chi connectivity index (χ1v) is 4.64. The molecule has 1 fully saturated rings. The summed E-state index contributed by atoms with van der Waals surface area (Å²) in [6.45, 7) is 2.53. The maximum atomic E-state index is 9.56. The van der Waals surface area contributed by atoms with Crippen LogP contribution in [0.2, 0.25) is 0 Å². The number of rotatable bonds is 3. The third-order valence-electron chi connectivity index (χ3n) is 2.44. The Balaban J connectivity index is 2.25. The zero-order valence-electron chi connectivity index (χ0n) is 7.57. The van der Waals surface area contributed by atoms with Crippen LogP contribution in [0, 0.1) is 5.92 Å². The van der Waals surface area contributed by atoms with E-state index < -0.39 is 0 Å². The first-order chi connectivity index (χ1) is 5.74. The van der Waals surface area contributed by atoms with E-state index in [4.69, 9.17) is 9.84 Å². The van der Waals surface area contributed by atoms with Gasteiger partial charge in [0.05, 0.1) is 25.4 Å². The lowest BCUT2D eigenvalue weighted by Gasteiger charge is -2.31. The lowest BCUT2D eigenvalue weighted by atomic mass is 9.87. The van der Waals surface area contributed by atoms with Crippen LogP contribution in [0.1, 0.15) is 26.2 Å². The SMILES string of the molecule is CC1CC[C@@H](OCCO)C(O)C1. The molecule has 0 spiro atoms. The summed E-state index contributed by atoms with van der Waals surface area (Å²) in [4.78, 5) is 0. The van der Waals surface area contributed by atoms with Crippen LogP contribution in [-0.4, -0.2) is 35.6 Å². The van der Waals surface area contributed by atoms with Crippen molar-refractivity contribution in [3.05, 3.63) is 0 Å². The van der Waals surface area contributed by atoms with Crippen molar-refractivity contribution in [2.75, 3.05) is 13.2 Å². The Bertz CT molecular complexity index is 125. The molecule has 3 nitrogen and oxygen atoms in total. The summed E-state index contributed by atoms with van der Waals surface area (Å²) in [5.41, 5.74) is 0. The second kappa shape index (κ2) is 4.80. The monoisotopic (exact) mass is 174 g/mol. The molecule has 0 aromatic heterocycles. The van der Waals surface area contributed by atoms with Gasteiger partial charge in [-0.1, -0.05) is 6.92 Å². The first-order valence-electron chi connectivity index (χ1n) is 4.64. The number of aliphatic hydroxyl groups is 2. The van der Waals surface area contributed by atoms with E-state index in [1.807, 2.05) is 0 Å². The van der Waals surface area contributed by atoms with Crippen LogP contribution in [0.3, 0.4) is 0 Å². The number of ether oxygens (including phenoxy) is 1. The molecule has 3 heteroatoms. The number of aliphatic hydroxyl groups excluding tert-OH is 2. The van der Waals surface area contributed by atoms with Gasteiger partial charge in [-0.2, -0.15) is 0 Å². The van der Waals surface area contributed by atoms with Crippen molar-refractivity contribution in [2.24, 2.45) is 5.92 Å². The molecule has 0 amide bonds. The Morgan fingerprint density at radius 2 is 2.17 bits per heavy atom. The number of hydrogen-bond donors (Lipinski definition) is 2. The van der Waals surface area contributed by atoms with Crippen molar-refractivity contribution in [1.82, 2.24) is 0 Å². The van der Waals surface area contributed by atoms with Gasteiger partial charge in [-0.05, 0) is 25.2 Å². The Hall–Kier alpha value is -0.120. The molecule has 0 aliphatic heterocycles. The fourth-order valence-corrected chi connectivity index (χ4v) is 1.72. The third kappa shape index (κ3) is 2.73. The lowest BCUT2D eigenvalue weighted by molar-refractivity contribution is -0.0756. The third-order valence-corrected chi connectivity index (χ3v) is 2.44. The molecule has 0 aromatic carbocycles. The second-order valence-corrected chi connectivity index (χ2v) is 3.62. The van der Waals surface area contributed by atoms with Gasteiger partial charge >= 0.3 is 0 Å². The molecule has 0 aromatic rings. The van der Waals surface area contributed by atoms with E-state index >= 15 is 0 Å². The maximum absolute atomic E-state index is 9.56. The zero-order valence-corrected chi connectivity index (χ0v) is 7.57. The lowest BCUT2D eigenvalue weighted by Crippen LogP contribution is -2.35. The summed E-state index contributed by atoms with van der Waals surface area (Å²) >= 11 is 0. The summed E-state index contributed by atoms with van der Waals surface area (Å²) in [6, 6.07) is 0. The molecule has 3 atom stereocenters. The molecule has 0 bridgehead atoms. The van der Waals surface area contributed by atoms with Gasteiger partial charge in [0.2, 0.25) is 0 Å². The van der Waals surface area contributed by atoms with Crippen molar-refractivity contribution >= 4 is 0 Å². The summed E-state index contributed by atoms with van der Waals surface area (Å²) in [6.07, 6.45) is 2.49. The average molecular weight is 174 g/mol. The molecule has 2 N–H and O–H groups in total. The van der Waals surface area contributed by atoms with Gasteiger partial charge in [0.1, 0.15) is 0 Å². The Morgan fingerprint density at radius 3 is 2.75 bits per heavy atom. The molecular formula is C9H18O3. The van der Waals surface area contributed by atoms with E-state index in [1.54, 1.807) is 0 Å². The molecule has 0 radical (unpaired) electrons. The van der Waals surface area contributed by atoms with Gasteiger partial charge in [0.15, 0.2) is 0 Å². The predicted octanol–water partition coefficient (Wildman–Crippen LogP) is 0.545. The fraction of sp³-hybridized carbons (Fsp3) is 1.00. The molecule has 1 saturated carbocycles. The molecule has 1 aliphatic rings. The second-order valence-electron chi connectivity index (χ2n) is 3.62. The summed E-state index contributed by atoms with van der Waals surface area (Å²) in [5.74, 6) is 0.606. The maximum Gasteiger partial charge on any atom is 0.0835 e. The van der Waals surface area contributed by atoms with Crippen LogP contribution in [0.5, 0.6) is 0 Å². The highest BCUT2D eigenvalue weighted by Gasteiger charge is 2.27. The number of hydrogen-bond acceptors (Lipinski definition) is 3. The Kier molecular flexibility index (Phi) is 3.98. The van der Waals surface area contributed by atoms with Crippen molar-refractivity contribution in [2.45, 2.75) is 38.4 Å². The van der Waals surface area contributed by atoms with Gasteiger partial charge in [0.25, 0.3) is 0 Å². The van der Waals surface area contributed by atoms with Crippen LogP contribution in [0.4, 0.5) is 0 Å². The standard InChI is InChI=1S/C9H18O3/c1-7-2-3-9(8(11)6-7)12-5-4-10/h7-11H,2-6H2,1H3/t7?,8?,9-/m1/s1. The highest BCUT2D eigenvalue weighted by molar-refractivity contribution is 4.78. The highest BCUT2D eigenvalue weighted by Crippen LogP contribution is 2.25. The van der Waals surface area contributed by atoms with E-state index in [0.717, 1.165) is 19.3 Å². The van der Waals surface area contributed by atoms with Crippen LogP contribution < -0.4 is 0 Å². The quantitative estimate of drug-likeness (QED) is 0.656. The first kappa shape index (κ1) is 9.96. The average Bonchev–Trinajstić information content (AvgIpc) is 2.03. The van der Waals surface area contributed by atoms with Crippen molar-refractivity contribution < 1.29 is 14.9 Å². The summed E-state index contributed by atoms with van der Waals surface area (Å²) in [5, 5.41) is 18.1. The summed E-state index contributed by atoms with van der Waals surface area (Å²) < 4.78 is 5.29. The van der Waals surface area contributed by atoms with Gasteiger partial charge in [0, 0.05) is 0 Å². The molecule has 12 heavy (non-hydrogen) atoms. The van der Waals surface area contributed by atoms with Crippen LogP contribution >= 0.6 is 0 Å². The molecule has 0 saturated heterocycles. The van der Waals surface area contributed by atoms with Gasteiger partial charge in [-0.25, -0.2) is 0 Å². The smallest absolute Gasteiger partial charge is 0.0835 e. The molecular weight excluding hydrogens is 156 g/mol. The van der Waals surface area contributed by atoms with E-state index in [2.05, 4.69) is 6.92 Å². The topological polar surface area (TPSA) is 49.7 Å². The minimum atomic E-state index is -0.333. The minimum Gasteiger partial charge on any atom is -0.394 e. The van der Waals surface area contributed by atoms with E-state index in [1.165, 1.54) is 0 Å². The zero-order chi connectivity index (χ0) is 8.97.